The van der Waals surface area contributed by atoms with Crippen LogP contribution in [0.1, 0.15) is 19.8 Å². The van der Waals surface area contributed by atoms with Crippen molar-refractivity contribution in [2.75, 3.05) is 25.4 Å². The zero-order valence-corrected chi connectivity index (χ0v) is 10.3. The quantitative estimate of drug-likeness (QED) is 0.551. The van der Waals surface area contributed by atoms with E-state index in [-0.39, 0.29) is 24.2 Å². The number of hydrogen-bond donors (Lipinski definition) is 3. The first-order chi connectivity index (χ1) is 7.55. The Morgan fingerprint density at radius 1 is 1.50 bits per heavy atom. The highest BCUT2D eigenvalue weighted by molar-refractivity contribution is 7.89. The van der Waals surface area contributed by atoms with E-state index in [2.05, 4.69) is 15.4 Å². The van der Waals surface area contributed by atoms with Crippen LogP contribution in [0, 0.1) is 0 Å². The highest BCUT2D eigenvalue weighted by Crippen LogP contribution is 2.04. The van der Waals surface area contributed by atoms with Crippen LogP contribution in [0.15, 0.2) is 0 Å². The number of rotatable bonds is 6. The number of carbonyl (C=O) groups is 1. The first-order valence-corrected chi connectivity index (χ1v) is 7.19. The SMILES string of the molecule is CCNS(=O)(=O)CCNC(=O)C1CCCN1. The minimum absolute atomic E-state index is 0.0701. The van der Waals surface area contributed by atoms with Crippen molar-refractivity contribution < 1.29 is 13.2 Å². The fourth-order valence-corrected chi connectivity index (χ4v) is 2.59. The predicted octanol–water partition coefficient (Wildman–Crippen LogP) is -1.21. The number of sulfonamides is 1. The summed E-state index contributed by atoms with van der Waals surface area (Å²) in [7, 11) is -3.24. The predicted molar refractivity (Wildman–Crippen MR) is 61.5 cm³/mol. The molecule has 0 radical (unpaired) electrons. The third-order valence-corrected chi connectivity index (χ3v) is 3.88. The van der Waals surface area contributed by atoms with Gasteiger partial charge in [-0.1, -0.05) is 6.92 Å². The average molecular weight is 249 g/mol. The normalized spacial score (nSPS) is 20.9. The van der Waals surface area contributed by atoms with Crippen LogP contribution in [-0.2, 0) is 14.8 Å². The molecule has 1 atom stereocenters. The van der Waals surface area contributed by atoms with Gasteiger partial charge in [-0.25, -0.2) is 13.1 Å². The highest BCUT2D eigenvalue weighted by atomic mass is 32.2. The fraction of sp³-hybridized carbons (Fsp3) is 0.889. The van der Waals surface area contributed by atoms with Gasteiger partial charge in [-0.05, 0) is 19.4 Å². The number of nitrogens with one attached hydrogen (secondary N) is 3. The van der Waals surface area contributed by atoms with Crippen LogP contribution in [0.25, 0.3) is 0 Å². The molecule has 16 heavy (non-hydrogen) atoms. The lowest BCUT2D eigenvalue weighted by Crippen LogP contribution is -2.43. The second kappa shape index (κ2) is 6.17. The molecule has 3 N–H and O–H groups in total. The van der Waals surface area contributed by atoms with Crippen molar-refractivity contribution in [2.45, 2.75) is 25.8 Å². The lowest BCUT2D eigenvalue weighted by Gasteiger charge is -2.11. The van der Waals surface area contributed by atoms with E-state index in [9.17, 15) is 13.2 Å². The molecule has 1 heterocycles. The Kier molecular flexibility index (Phi) is 5.17. The zero-order chi connectivity index (χ0) is 12.0. The number of hydrogen-bond acceptors (Lipinski definition) is 4. The van der Waals surface area contributed by atoms with E-state index in [0.29, 0.717) is 6.54 Å². The van der Waals surface area contributed by atoms with E-state index in [0.717, 1.165) is 19.4 Å². The van der Waals surface area contributed by atoms with E-state index in [4.69, 9.17) is 0 Å². The molecule has 6 nitrogen and oxygen atoms in total. The van der Waals surface area contributed by atoms with Gasteiger partial charge in [0.2, 0.25) is 15.9 Å². The standard InChI is InChI=1S/C9H19N3O3S/c1-2-12-16(14,15)7-6-11-9(13)8-4-3-5-10-8/h8,10,12H,2-7H2,1H3,(H,11,13). The van der Waals surface area contributed by atoms with Crippen molar-refractivity contribution in [1.82, 2.24) is 15.4 Å². The molecule has 1 fully saturated rings. The second-order valence-electron chi connectivity index (χ2n) is 3.76. The maximum absolute atomic E-state index is 11.5. The van der Waals surface area contributed by atoms with Crippen molar-refractivity contribution in [1.29, 1.82) is 0 Å². The van der Waals surface area contributed by atoms with Crippen molar-refractivity contribution >= 4 is 15.9 Å². The van der Waals surface area contributed by atoms with E-state index >= 15 is 0 Å². The van der Waals surface area contributed by atoms with Crippen LogP contribution >= 0.6 is 0 Å². The molecular weight excluding hydrogens is 230 g/mol. The molecule has 1 aliphatic heterocycles. The summed E-state index contributed by atoms with van der Waals surface area (Å²) in [5.41, 5.74) is 0. The minimum atomic E-state index is -3.24. The Balaban J connectivity index is 2.22. The summed E-state index contributed by atoms with van der Waals surface area (Å²) in [5.74, 6) is -0.177. The van der Waals surface area contributed by atoms with Crippen LogP contribution < -0.4 is 15.4 Å². The zero-order valence-electron chi connectivity index (χ0n) is 9.45. The van der Waals surface area contributed by atoms with Gasteiger partial charge in [0.1, 0.15) is 0 Å². The van der Waals surface area contributed by atoms with Gasteiger partial charge in [-0.2, -0.15) is 0 Å². The topological polar surface area (TPSA) is 87.3 Å². The first kappa shape index (κ1) is 13.4. The number of amides is 1. The Morgan fingerprint density at radius 2 is 2.25 bits per heavy atom. The van der Waals surface area contributed by atoms with E-state index in [1.54, 1.807) is 6.92 Å². The van der Waals surface area contributed by atoms with Crippen LogP contribution in [0.5, 0.6) is 0 Å². The Hall–Kier alpha value is -0.660. The van der Waals surface area contributed by atoms with Gasteiger partial charge in [0, 0.05) is 13.1 Å². The van der Waals surface area contributed by atoms with E-state index < -0.39 is 10.0 Å². The average Bonchev–Trinajstić information content (AvgIpc) is 2.69. The third kappa shape index (κ3) is 4.46. The smallest absolute Gasteiger partial charge is 0.237 e. The van der Waals surface area contributed by atoms with Crippen molar-refractivity contribution in [3.8, 4) is 0 Å². The molecule has 0 aromatic heterocycles. The molecule has 94 valence electrons. The van der Waals surface area contributed by atoms with Gasteiger partial charge in [-0.3, -0.25) is 4.79 Å². The maximum atomic E-state index is 11.5. The van der Waals surface area contributed by atoms with Crippen molar-refractivity contribution in [2.24, 2.45) is 0 Å². The van der Waals surface area contributed by atoms with Gasteiger partial charge in [0.25, 0.3) is 0 Å². The van der Waals surface area contributed by atoms with Crippen molar-refractivity contribution in [3.05, 3.63) is 0 Å². The Morgan fingerprint density at radius 3 is 2.81 bits per heavy atom. The van der Waals surface area contributed by atoms with Gasteiger partial charge in [-0.15, -0.1) is 0 Å². The second-order valence-corrected chi connectivity index (χ2v) is 5.68. The van der Waals surface area contributed by atoms with Gasteiger partial charge < -0.3 is 10.6 Å². The molecule has 1 aliphatic rings. The summed E-state index contributed by atoms with van der Waals surface area (Å²) >= 11 is 0. The van der Waals surface area contributed by atoms with Crippen LogP contribution in [0.3, 0.4) is 0 Å². The van der Waals surface area contributed by atoms with Crippen LogP contribution in [0.4, 0.5) is 0 Å². The monoisotopic (exact) mass is 249 g/mol. The maximum Gasteiger partial charge on any atom is 0.237 e. The van der Waals surface area contributed by atoms with Crippen LogP contribution in [0.2, 0.25) is 0 Å². The van der Waals surface area contributed by atoms with E-state index in [1.165, 1.54) is 0 Å². The molecule has 1 unspecified atom stereocenters. The summed E-state index contributed by atoms with van der Waals surface area (Å²) in [6.45, 7) is 3.11. The van der Waals surface area contributed by atoms with Crippen molar-refractivity contribution in [3.63, 3.8) is 0 Å². The summed E-state index contributed by atoms with van der Waals surface area (Å²) in [6.07, 6.45) is 1.82. The first-order valence-electron chi connectivity index (χ1n) is 5.53. The molecule has 7 heteroatoms. The minimum Gasteiger partial charge on any atom is -0.354 e. The highest BCUT2D eigenvalue weighted by Gasteiger charge is 2.21. The molecule has 0 aromatic carbocycles. The summed E-state index contributed by atoms with van der Waals surface area (Å²) in [6, 6.07) is -0.151. The largest absolute Gasteiger partial charge is 0.354 e. The van der Waals surface area contributed by atoms with E-state index in [1.807, 2.05) is 0 Å². The summed E-state index contributed by atoms with van der Waals surface area (Å²) in [5, 5.41) is 5.67. The molecular formula is C9H19N3O3S. The van der Waals surface area contributed by atoms with Gasteiger partial charge in [0.15, 0.2) is 0 Å². The van der Waals surface area contributed by atoms with Gasteiger partial charge in [0.05, 0.1) is 11.8 Å². The molecule has 1 rings (SSSR count). The molecule has 1 amide bonds. The molecule has 0 aromatic rings. The molecule has 1 saturated heterocycles. The molecule has 0 spiro atoms. The fourth-order valence-electron chi connectivity index (χ4n) is 1.63. The third-order valence-electron chi connectivity index (χ3n) is 2.41. The summed E-state index contributed by atoms with van der Waals surface area (Å²) in [4.78, 5) is 11.5. The van der Waals surface area contributed by atoms with Crippen LogP contribution in [-0.4, -0.2) is 45.8 Å². The number of carbonyl (C=O) groups excluding carboxylic acids is 1. The molecule has 0 saturated carbocycles. The van der Waals surface area contributed by atoms with Gasteiger partial charge >= 0.3 is 0 Å². The Labute approximate surface area is 96.2 Å². The summed E-state index contributed by atoms with van der Waals surface area (Å²) < 4.78 is 24.9. The lowest BCUT2D eigenvalue weighted by atomic mass is 10.2. The Bertz CT molecular complexity index is 323. The lowest BCUT2D eigenvalue weighted by molar-refractivity contribution is -0.122. The molecule has 0 bridgehead atoms. The molecule has 0 aliphatic carbocycles.